The molecule has 416 valence electrons. The molecule has 1 fully saturated rings. The molecule has 0 aliphatic heterocycles. The molecule has 8 N–H and O–H groups in total. The predicted molar refractivity (Wildman–Crippen MR) is 288 cm³/mol. The zero-order valence-electron chi connectivity index (χ0n) is 45.1. The van der Waals surface area contributed by atoms with Crippen LogP contribution < -0.4 is 5.32 Å². The maximum Gasteiger partial charge on any atom is 0.472 e. The first kappa shape index (κ1) is 67.1. The van der Waals surface area contributed by atoms with Gasteiger partial charge in [0.15, 0.2) is 0 Å². The summed E-state index contributed by atoms with van der Waals surface area (Å²) in [7, 11) is -5.08. The average Bonchev–Trinajstić information content (AvgIpc) is 3.34. The number of unbranched alkanes of at least 4 members (excludes halogenated alkanes) is 40. The van der Waals surface area contributed by atoms with E-state index >= 15 is 0 Å². The van der Waals surface area contributed by atoms with E-state index in [-0.39, 0.29) is 12.3 Å². The van der Waals surface area contributed by atoms with Gasteiger partial charge in [-0.3, -0.25) is 13.8 Å². The van der Waals surface area contributed by atoms with Crippen LogP contribution in [0.5, 0.6) is 0 Å². The fourth-order valence-corrected chi connectivity index (χ4v) is 10.8. The van der Waals surface area contributed by atoms with E-state index < -0.39 is 63.2 Å². The number of carbonyl (C=O) groups excluding carboxylic acids is 1. The number of aliphatic hydroxyl groups is 6. The Morgan fingerprint density at radius 3 is 1.09 bits per heavy atom. The van der Waals surface area contributed by atoms with E-state index in [1.165, 1.54) is 218 Å². The third-order valence-electron chi connectivity index (χ3n) is 14.6. The summed E-state index contributed by atoms with van der Waals surface area (Å²) in [5.41, 5.74) is 0. The topological polar surface area (TPSA) is 206 Å². The zero-order valence-corrected chi connectivity index (χ0v) is 46.0. The van der Waals surface area contributed by atoms with Gasteiger partial charge in [-0.25, -0.2) is 4.57 Å². The van der Waals surface area contributed by atoms with Crippen molar-refractivity contribution in [2.24, 2.45) is 0 Å². The molecule has 0 aromatic heterocycles. The molecule has 0 radical (unpaired) electrons. The quantitative estimate of drug-likeness (QED) is 0.0163. The number of nitrogens with one attached hydrogen (secondary N) is 1. The first-order valence-electron chi connectivity index (χ1n) is 29.6. The molecular weight excluding hydrogens is 906 g/mol. The van der Waals surface area contributed by atoms with Crippen molar-refractivity contribution in [1.29, 1.82) is 0 Å². The summed E-state index contributed by atoms with van der Waals surface area (Å²) in [6.45, 7) is 3.89. The van der Waals surface area contributed by atoms with Gasteiger partial charge in [0.25, 0.3) is 0 Å². The number of phosphoric acid groups is 1. The van der Waals surface area contributed by atoms with Gasteiger partial charge in [0.1, 0.15) is 36.6 Å². The van der Waals surface area contributed by atoms with E-state index in [0.717, 1.165) is 44.9 Å². The highest BCUT2D eigenvalue weighted by atomic mass is 31.2. The molecule has 1 saturated carbocycles. The van der Waals surface area contributed by atoms with Gasteiger partial charge in [0, 0.05) is 6.42 Å². The first-order chi connectivity index (χ1) is 33.9. The molecule has 1 aliphatic carbocycles. The minimum absolute atomic E-state index is 0.219. The number of hydrogen-bond acceptors (Lipinski definition) is 10. The Morgan fingerprint density at radius 2 is 0.757 bits per heavy atom. The molecule has 0 aromatic rings. The van der Waals surface area contributed by atoms with E-state index in [0.29, 0.717) is 6.42 Å². The molecule has 1 amide bonds. The summed E-state index contributed by atoms with van der Waals surface area (Å²) in [5.74, 6) is -0.334. The molecule has 0 bridgehead atoms. The van der Waals surface area contributed by atoms with Crippen LogP contribution in [0.15, 0.2) is 12.2 Å². The second-order valence-corrected chi connectivity index (χ2v) is 22.6. The Labute approximate surface area is 429 Å². The van der Waals surface area contributed by atoms with E-state index in [4.69, 9.17) is 9.05 Å². The molecule has 70 heavy (non-hydrogen) atoms. The van der Waals surface area contributed by atoms with Gasteiger partial charge in [-0.05, 0) is 19.3 Å². The molecule has 0 saturated heterocycles. The van der Waals surface area contributed by atoms with Gasteiger partial charge in [-0.15, -0.1) is 0 Å². The summed E-state index contributed by atoms with van der Waals surface area (Å²) in [4.78, 5) is 23.5. The standard InChI is InChI=1S/C57H112NO11P/c1-3-5-7-9-11-13-15-17-19-20-21-22-23-24-25-26-27-28-29-30-31-33-35-37-39-41-43-45-47-51(60)58-49(48-68-70(66,67)69-57-55(64)53(62)52(61)54(63)56(57)65)50(59)46-44-42-40-38-36-34-32-18-16-14-12-10-8-6-4-2/h44,46,49-50,52-57,59,61-65H,3-43,45,47-48H2,1-2H3,(H,58,60)(H,66,67)/b46-44+/t49-,50+,52?,53+,54?,55?,56?,57?/m0/s1. The summed E-state index contributed by atoms with van der Waals surface area (Å²) < 4.78 is 23.0. The van der Waals surface area contributed by atoms with Gasteiger partial charge < -0.3 is 40.8 Å². The van der Waals surface area contributed by atoms with E-state index in [1.807, 2.05) is 6.08 Å². The molecule has 1 aliphatic rings. The SMILES string of the molecule is CCCCCCCCCCCCCCC/C=C/[C@@H](O)[C@H](COP(=O)(O)OC1C(O)C(O)C(O)[C@@H](O)C1O)NC(=O)CCCCCCCCCCCCCCCCCCCCCCCCCCCCCC. The minimum Gasteiger partial charge on any atom is -0.387 e. The Balaban J connectivity index is 2.27. The van der Waals surface area contributed by atoms with Crippen molar-refractivity contribution in [1.82, 2.24) is 5.32 Å². The van der Waals surface area contributed by atoms with Crippen molar-refractivity contribution < 1.29 is 53.9 Å². The highest BCUT2D eigenvalue weighted by Gasteiger charge is 2.51. The van der Waals surface area contributed by atoms with Crippen LogP contribution in [0.1, 0.15) is 290 Å². The fraction of sp³-hybridized carbons (Fsp3) is 0.947. The molecular formula is C57H112NO11P. The smallest absolute Gasteiger partial charge is 0.387 e. The molecule has 1 rings (SSSR count). The van der Waals surface area contributed by atoms with E-state index in [9.17, 15) is 44.9 Å². The Bertz CT molecular complexity index is 1230. The highest BCUT2D eigenvalue weighted by Crippen LogP contribution is 2.47. The molecule has 9 atom stereocenters. The normalized spacial score (nSPS) is 21.3. The largest absolute Gasteiger partial charge is 0.472 e. The third kappa shape index (κ3) is 36.9. The van der Waals surface area contributed by atoms with E-state index in [2.05, 4.69) is 19.2 Å². The first-order valence-corrected chi connectivity index (χ1v) is 31.1. The Morgan fingerprint density at radius 1 is 0.471 bits per heavy atom. The van der Waals surface area contributed by atoms with Crippen molar-refractivity contribution in [2.75, 3.05) is 6.61 Å². The van der Waals surface area contributed by atoms with Crippen molar-refractivity contribution in [3.8, 4) is 0 Å². The third-order valence-corrected chi connectivity index (χ3v) is 15.6. The van der Waals surface area contributed by atoms with Gasteiger partial charge in [0.05, 0.1) is 18.8 Å². The molecule has 0 aromatic carbocycles. The van der Waals surface area contributed by atoms with Crippen molar-refractivity contribution >= 4 is 13.7 Å². The number of allylic oxidation sites excluding steroid dienone is 1. The molecule has 13 heteroatoms. The van der Waals surface area contributed by atoms with Crippen LogP contribution in [0.3, 0.4) is 0 Å². The van der Waals surface area contributed by atoms with Crippen LogP contribution >= 0.6 is 7.82 Å². The van der Waals surface area contributed by atoms with Gasteiger partial charge >= 0.3 is 7.82 Å². The Hall–Kier alpha value is -0.920. The summed E-state index contributed by atoms with van der Waals surface area (Å²) in [6, 6.07) is -1.11. The molecule has 6 unspecified atom stereocenters. The maximum absolute atomic E-state index is 13.0. The highest BCUT2D eigenvalue weighted by molar-refractivity contribution is 7.47. The van der Waals surface area contributed by atoms with Crippen LogP contribution in [0.4, 0.5) is 0 Å². The second-order valence-electron chi connectivity index (χ2n) is 21.2. The van der Waals surface area contributed by atoms with Crippen LogP contribution in [0.25, 0.3) is 0 Å². The number of aliphatic hydroxyl groups excluding tert-OH is 6. The summed E-state index contributed by atoms with van der Waals surface area (Å²) >= 11 is 0. The number of amides is 1. The molecule has 12 nitrogen and oxygen atoms in total. The van der Waals surface area contributed by atoms with Gasteiger partial charge in [-0.1, -0.05) is 276 Å². The fourth-order valence-electron chi connectivity index (χ4n) is 9.79. The lowest BCUT2D eigenvalue weighted by atomic mass is 9.85. The van der Waals surface area contributed by atoms with E-state index in [1.54, 1.807) is 6.08 Å². The Kier molecular flexibility index (Phi) is 44.7. The molecule has 0 spiro atoms. The lowest BCUT2D eigenvalue weighted by Gasteiger charge is -2.41. The monoisotopic (exact) mass is 1020 g/mol. The van der Waals surface area contributed by atoms with Crippen LogP contribution in [-0.2, 0) is 18.4 Å². The van der Waals surface area contributed by atoms with Crippen LogP contribution in [0.2, 0.25) is 0 Å². The number of phosphoric ester groups is 1. The van der Waals surface area contributed by atoms with Gasteiger partial charge in [-0.2, -0.15) is 0 Å². The lowest BCUT2D eigenvalue weighted by molar-refractivity contribution is -0.220. The predicted octanol–water partition coefficient (Wildman–Crippen LogP) is 13.5. The second kappa shape index (κ2) is 46.6. The average molecular weight is 1020 g/mol. The summed E-state index contributed by atoms with van der Waals surface area (Å²) in [6.07, 6.45) is 44.4. The number of carbonyl (C=O) groups is 1. The zero-order chi connectivity index (χ0) is 51.3. The van der Waals surface area contributed by atoms with Crippen molar-refractivity contribution in [2.45, 2.75) is 339 Å². The maximum atomic E-state index is 13.0. The molecule has 0 heterocycles. The number of hydrogen-bond donors (Lipinski definition) is 8. The van der Waals surface area contributed by atoms with Crippen molar-refractivity contribution in [3.05, 3.63) is 12.2 Å². The van der Waals surface area contributed by atoms with Gasteiger partial charge in [0.2, 0.25) is 5.91 Å². The minimum atomic E-state index is -5.08. The van der Waals surface area contributed by atoms with Crippen LogP contribution in [0, 0.1) is 0 Å². The number of rotatable bonds is 51. The van der Waals surface area contributed by atoms with Crippen LogP contribution in [-0.4, -0.2) is 96.8 Å². The lowest BCUT2D eigenvalue weighted by Crippen LogP contribution is -2.64. The summed E-state index contributed by atoms with van der Waals surface area (Å²) in [5, 5.41) is 64.3. The van der Waals surface area contributed by atoms with Crippen molar-refractivity contribution in [3.63, 3.8) is 0 Å².